The molecule has 114 valence electrons. The summed E-state index contributed by atoms with van der Waals surface area (Å²) in [5.74, 6) is -1.30. The molecule has 7 nitrogen and oxygen atoms in total. The number of rotatable bonds is 4. The molecule has 1 aliphatic rings. The summed E-state index contributed by atoms with van der Waals surface area (Å²) in [5.41, 5.74) is 4.99. The zero-order valence-electron chi connectivity index (χ0n) is 12.1. The second kappa shape index (κ2) is 6.58. The van der Waals surface area contributed by atoms with Gasteiger partial charge in [-0.05, 0) is 25.2 Å². The van der Waals surface area contributed by atoms with E-state index in [2.05, 4.69) is 19.2 Å². The molecule has 4 N–H and O–H groups in total. The first-order valence-electron chi connectivity index (χ1n) is 6.80. The summed E-state index contributed by atoms with van der Waals surface area (Å²) < 4.78 is 0. The van der Waals surface area contributed by atoms with E-state index in [9.17, 15) is 14.4 Å². The van der Waals surface area contributed by atoms with Crippen LogP contribution in [0.4, 0.5) is 4.79 Å². The minimum Gasteiger partial charge on any atom is -0.480 e. The Bertz CT molecular complexity index is 399. The fourth-order valence-electron chi connectivity index (χ4n) is 2.62. The minimum atomic E-state index is -1.28. The van der Waals surface area contributed by atoms with Crippen LogP contribution < -0.4 is 11.1 Å². The van der Waals surface area contributed by atoms with E-state index in [1.54, 1.807) is 4.90 Å². The Hall–Kier alpha value is -1.79. The number of nitrogens with two attached hydrogens (primary N) is 1. The van der Waals surface area contributed by atoms with Crippen molar-refractivity contribution in [1.29, 1.82) is 0 Å². The number of hydrogen-bond donors (Lipinski definition) is 3. The third-order valence-electron chi connectivity index (χ3n) is 3.86. The van der Waals surface area contributed by atoms with Crippen LogP contribution in [0.3, 0.4) is 0 Å². The highest BCUT2D eigenvalue weighted by Gasteiger charge is 2.33. The molecule has 0 aromatic heterocycles. The van der Waals surface area contributed by atoms with E-state index in [1.165, 1.54) is 0 Å². The molecule has 7 heteroatoms. The molecule has 0 aliphatic carbocycles. The van der Waals surface area contributed by atoms with Gasteiger partial charge in [-0.1, -0.05) is 13.8 Å². The number of urea groups is 1. The summed E-state index contributed by atoms with van der Waals surface area (Å²) >= 11 is 0. The van der Waals surface area contributed by atoms with Gasteiger partial charge >= 0.3 is 12.0 Å². The van der Waals surface area contributed by atoms with Crippen molar-refractivity contribution >= 4 is 17.9 Å². The van der Waals surface area contributed by atoms with E-state index in [4.69, 9.17) is 10.8 Å². The first-order chi connectivity index (χ1) is 9.22. The second-order valence-corrected chi connectivity index (χ2v) is 5.72. The number of carbonyl (C=O) groups is 3. The molecule has 1 aliphatic heterocycles. The Morgan fingerprint density at radius 3 is 2.45 bits per heavy atom. The summed E-state index contributed by atoms with van der Waals surface area (Å²) in [4.78, 5) is 35.7. The molecule has 1 heterocycles. The predicted molar refractivity (Wildman–Crippen MR) is 72.9 cm³/mol. The fourth-order valence-corrected chi connectivity index (χ4v) is 2.62. The van der Waals surface area contributed by atoms with E-state index in [0.717, 1.165) is 6.42 Å². The average molecular weight is 285 g/mol. The largest absolute Gasteiger partial charge is 0.480 e. The van der Waals surface area contributed by atoms with Crippen molar-refractivity contribution in [2.75, 3.05) is 6.54 Å². The number of carboxylic acids is 1. The fraction of sp³-hybridized carbons (Fsp3) is 0.769. The zero-order chi connectivity index (χ0) is 15.4. The SMILES string of the molecule is CC1CC(C)C(C)N(C(=O)N[C@@H](CC(N)=O)C(=O)O)C1. The van der Waals surface area contributed by atoms with E-state index in [-0.39, 0.29) is 6.04 Å². The predicted octanol–water partition coefficient (Wildman–Crippen LogP) is 0.391. The number of hydrogen-bond acceptors (Lipinski definition) is 3. The first kappa shape index (κ1) is 16.3. The van der Waals surface area contributed by atoms with Crippen molar-refractivity contribution in [2.45, 2.75) is 45.7 Å². The van der Waals surface area contributed by atoms with Crippen LogP contribution in [0, 0.1) is 11.8 Å². The van der Waals surface area contributed by atoms with Gasteiger partial charge in [-0.3, -0.25) is 4.79 Å². The molecule has 0 saturated carbocycles. The number of nitrogens with one attached hydrogen (secondary N) is 1. The number of carbonyl (C=O) groups excluding carboxylic acids is 2. The number of likely N-dealkylation sites (tertiary alicyclic amines) is 1. The summed E-state index contributed by atoms with van der Waals surface area (Å²) in [7, 11) is 0. The summed E-state index contributed by atoms with van der Waals surface area (Å²) in [6.45, 7) is 6.65. The van der Waals surface area contributed by atoms with Gasteiger partial charge in [0, 0.05) is 12.6 Å². The highest BCUT2D eigenvalue weighted by Crippen LogP contribution is 2.26. The number of aliphatic carboxylic acids is 1. The highest BCUT2D eigenvalue weighted by molar-refractivity contribution is 5.87. The first-order valence-corrected chi connectivity index (χ1v) is 6.80. The van der Waals surface area contributed by atoms with Crippen LogP contribution in [-0.4, -0.2) is 46.5 Å². The quantitative estimate of drug-likeness (QED) is 0.693. The topological polar surface area (TPSA) is 113 Å². The normalized spacial score (nSPS) is 27.8. The van der Waals surface area contributed by atoms with Crippen LogP contribution in [-0.2, 0) is 9.59 Å². The average Bonchev–Trinajstić information content (AvgIpc) is 2.32. The lowest BCUT2D eigenvalue weighted by Crippen LogP contribution is -2.56. The Labute approximate surface area is 118 Å². The van der Waals surface area contributed by atoms with Gasteiger partial charge in [0.05, 0.1) is 6.42 Å². The van der Waals surface area contributed by atoms with Crippen LogP contribution in [0.1, 0.15) is 33.6 Å². The van der Waals surface area contributed by atoms with Crippen molar-refractivity contribution in [3.05, 3.63) is 0 Å². The van der Waals surface area contributed by atoms with E-state index >= 15 is 0 Å². The molecule has 0 aromatic carbocycles. The molecular weight excluding hydrogens is 262 g/mol. The van der Waals surface area contributed by atoms with Crippen LogP contribution in [0.25, 0.3) is 0 Å². The van der Waals surface area contributed by atoms with Gasteiger partial charge in [-0.2, -0.15) is 0 Å². The highest BCUT2D eigenvalue weighted by atomic mass is 16.4. The molecule has 1 rings (SSSR count). The molecule has 0 bridgehead atoms. The number of carboxylic acid groups (broad SMARTS) is 1. The Kier molecular flexibility index (Phi) is 5.35. The molecule has 1 saturated heterocycles. The molecule has 3 amide bonds. The van der Waals surface area contributed by atoms with Crippen molar-refractivity contribution in [2.24, 2.45) is 17.6 Å². The van der Waals surface area contributed by atoms with Crippen molar-refractivity contribution < 1.29 is 19.5 Å². The number of amides is 3. The van der Waals surface area contributed by atoms with Crippen molar-refractivity contribution in [3.8, 4) is 0 Å². The maximum absolute atomic E-state index is 12.2. The van der Waals surface area contributed by atoms with Crippen molar-refractivity contribution in [3.63, 3.8) is 0 Å². The smallest absolute Gasteiger partial charge is 0.326 e. The third kappa shape index (κ3) is 4.11. The van der Waals surface area contributed by atoms with Gasteiger partial charge in [-0.25, -0.2) is 9.59 Å². The monoisotopic (exact) mass is 285 g/mol. The molecular formula is C13H23N3O4. The second-order valence-electron chi connectivity index (χ2n) is 5.72. The molecule has 1 fully saturated rings. The summed E-state index contributed by atoms with van der Waals surface area (Å²) in [6, 6.07) is -1.70. The van der Waals surface area contributed by atoms with Crippen LogP contribution >= 0.6 is 0 Å². The number of nitrogens with zero attached hydrogens (tertiary/aromatic N) is 1. The summed E-state index contributed by atoms with van der Waals surface area (Å²) in [6.07, 6.45) is 0.628. The lowest BCUT2D eigenvalue weighted by molar-refractivity contribution is -0.141. The van der Waals surface area contributed by atoms with Gasteiger partial charge in [0.25, 0.3) is 0 Å². The lowest BCUT2D eigenvalue weighted by atomic mass is 9.86. The van der Waals surface area contributed by atoms with E-state index in [1.807, 2.05) is 6.92 Å². The molecule has 0 spiro atoms. The maximum atomic E-state index is 12.2. The van der Waals surface area contributed by atoms with Crippen molar-refractivity contribution in [1.82, 2.24) is 10.2 Å². The van der Waals surface area contributed by atoms with E-state index in [0.29, 0.717) is 18.4 Å². The molecule has 3 unspecified atom stereocenters. The molecule has 0 radical (unpaired) electrons. The van der Waals surface area contributed by atoms with Crippen LogP contribution in [0.5, 0.6) is 0 Å². The minimum absolute atomic E-state index is 0.0363. The van der Waals surface area contributed by atoms with Gasteiger partial charge in [-0.15, -0.1) is 0 Å². The molecule has 4 atom stereocenters. The van der Waals surface area contributed by atoms with Gasteiger partial charge in [0.1, 0.15) is 6.04 Å². The Morgan fingerprint density at radius 2 is 1.95 bits per heavy atom. The zero-order valence-corrected chi connectivity index (χ0v) is 12.1. The van der Waals surface area contributed by atoms with Gasteiger partial charge < -0.3 is 21.1 Å². The molecule has 0 aromatic rings. The lowest BCUT2D eigenvalue weighted by Gasteiger charge is -2.41. The number of piperidine rings is 1. The standard InChI is InChI=1S/C13H23N3O4/c1-7-4-8(2)9(3)16(6-7)13(20)15-10(12(18)19)5-11(14)17/h7-10H,4-6H2,1-3H3,(H2,14,17)(H,15,20)(H,18,19)/t7?,8?,9?,10-/m0/s1. The van der Waals surface area contributed by atoms with Gasteiger partial charge in [0.2, 0.25) is 5.91 Å². The van der Waals surface area contributed by atoms with Crippen LogP contribution in [0.2, 0.25) is 0 Å². The Morgan fingerprint density at radius 1 is 1.35 bits per heavy atom. The maximum Gasteiger partial charge on any atom is 0.326 e. The third-order valence-corrected chi connectivity index (χ3v) is 3.86. The van der Waals surface area contributed by atoms with Crippen LogP contribution in [0.15, 0.2) is 0 Å². The van der Waals surface area contributed by atoms with E-state index < -0.39 is 30.4 Å². The summed E-state index contributed by atoms with van der Waals surface area (Å²) in [5, 5.41) is 11.4. The Balaban J connectivity index is 2.72. The molecule has 20 heavy (non-hydrogen) atoms. The van der Waals surface area contributed by atoms with Gasteiger partial charge in [0.15, 0.2) is 0 Å². The number of primary amides is 1.